The highest BCUT2D eigenvalue weighted by Gasteiger charge is 2.29. The third-order valence-corrected chi connectivity index (χ3v) is 6.84. The largest absolute Gasteiger partial charge is 0.542 e. The van der Waals surface area contributed by atoms with Gasteiger partial charge < -0.3 is 21.0 Å². The number of carbonyl (C=O) groups excluding carboxylic acids is 2. The van der Waals surface area contributed by atoms with Crippen molar-refractivity contribution in [2.75, 3.05) is 0 Å². The van der Waals surface area contributed by atoms with Gasteiger partial charge in [0, 0.05) is 33.1 Å². The Morgan fingerprint density at radius 3 is 1.88 bits per heavy atom. The zero-order valence-corrected chi connectivity index (χ0v) is 23.4. The van der Waals surface area contributed by atoms with Crippen LogP contribution in [0.5, 0.6) is 0 Å². The smallest absolute Gasteiger partial charge is 0.430 e. The fraction of sp³-hybridized carbons (Fsp3) is 0.161. The van der Waals surface area contributed by atoms with Crippen molar-refractivity contribution in [2.45, 2.75) is 31.5 Å². The maximum absolute atomic E-state index is 13.1. The number of hydrogen-bond donors (Lipinski definition) is 2. The highest BCUT2D eigenvalue weighted by atomic mass is 35.5. The fourth-order valence-corrected chi connectivity index (χ4v) is 4.41. The van der Waals surface area contributed by atoms with E-state index in [1.165, 1.54) is 0 Å². The van der Waals surface area contributed by atoms with Gasteiger partial charge in [-0.05, 0) is 78.6 Å². The Bertz CT molecular complexity index is 1460. The molecule has 0 radical (unpaired) electrons. The van der Waals surface area contributed by atoms with E-state index < -0.39 is 12.1 Å². The molecule has 1 amide bonds. The maximum Gasteiger partial charge on any atom is 0.430 e. The molecule has 0 aliphatic heterocycles. The highest BCUT2D eigenvalue weighted by Crippen LogP contribution is 2.28. The van der Waals surface area contributed by atoms with E-state index >= 15 is 0 Å². The summed E-state index contributed by atoms with van der Waals surface area (Å²) in [6.07, 6.45) is -4.43. The van der Waals surface area contributed by atoms with Gasteiger partial charge in [0.05, 0.1) is 0 Å². The predicted octanol–water partition coefficient (Wildman–Crippen LogP) is 5.98. The van der Waals surface area contributed by atoms with Crippen molar-refractivity contribution < 1.29 is 33.6 Å². The molecule has 0 aliphatic carbocycles. The van der Waals surface area contributed by atoms with Crippen LogP contribution in [0.25, 0.3) is 11.1 Å². The summed E-state index contributed by atoms with van der Waals surface area (Å²) in [5.41, 5.74) is 10.1. The van der Waals surface area contributed by atoms with Crippen LogP contribution in [-0.4, -0.2) is 24.1 Å². The van der Waals surface area contributed by atoms with Crippen LogP contribution >= 0.6 is 23.2 Å². The average molecular weight is 603 g/mol. The highest BCUT2D eigenvalue weighted by molar-refractivity contribution is 6.30. The lowest BCUT2D eigenvalue weighted by atomic mass is 9.86. The van der Waals surface area contributed by atoms with Crippen LogP contribution in [0.15, 0.2) is 97.1 Å². The van der Waals surface area contributed by atoms with Gasteiger partial charge in [0.25, 0.3) is 5.91 Å². The average Bonchev–Trinajstić information content (AvgIpc) is 2.93. The lowest BCUT2D eigenvalue weighted by molar-refractivity contribution is -0.344. The van der Waals surface area contributed by atoms with Crippen molar-refractivity contribution in [1.82, 2.24) is 5.32 Å². The Labute approximate surface area is 245 Å². The summed E-state index contributed by atoms with van der Waals surface area (Å²) in [6, 6.07) is 31.2. The molecule has 5 nitrogen and oxygen atoms in total. The van der Waals surface area contributed by atoms with E-state index in [2.05, 4.69) is 11.1 Å². The molecule has 214 valence electrons. The number of carboxylic acid groups (broad SMARTS) is 1. The quantitative estimate of drug-likeness (QED) is 0.272. The maximum atomic E-state index is 13.1. The molecule has 0 spiro atoms. The molecular formula is C31H27Cl2F3N2O3. The zero-order chi connectivity index (χ0) is 30.2. The lowest BCUT2D eigenvalue weighted by Gasteiger charge is -2.26. The molecule has 4 rings (SSSR count). The van der Waals surface area contributed by atoms with Crippen molar-refractivity contribution in [3.63, 3.8) is 0 Å². The number of carbonyl (C=O) groups is 2. The SMILES string of the molecule is C[C@@H](NC(=O)c1ccc(-c2ccccc2[NH3+])cc1)[C@H](Cc1ccc(Cl)cc1)c1ccc(Cl)cc1.O=C([O-])C(F)(F)F. The number of hydrogen-bond acceptors (Lipinski definition) is 3. The van der Waals surface area contributed by atoms with Gasteiger partial charge in [-0.3, -0.25) is 4.79 Å². The summed E-state index contributed by atoms with van der Waals surface area (Å²) in [5, 5.41) is 13.4. The van der Waals surface area contributed by atoms with Crippen LogP contribution in [0.4, 0.5) is 18.9 Å². The topological polar surface area (TPSA) is 96.9 Å². The number of alkyl halides is 3. The molecule has 0 bridgehead atoms. The summed E-state index contributed by atoms with van der Waals surface area (Å²) < 4.78 is 31.5. The predicted molar refractivity (Wildman–Crippen MR) is 152 cm³/mol. The van der Waals surface area contributed by atoms with Crippen molar-refractivity contribution in [3.8, 4) is 11.1 Å². The molecule has 0 aromatic heterocycles. The first-order valence-electron chi connectivity index (χ1n) is 12.5. The van der Waals surface area contributed by atoms with Gasteiger partial charge in [-0.25, -0.2) is 0 Å². The van der Waals surface area contributed by atoms with Crippen molar-refractivity contribution >= 4 is 40.8 Å². The molecule has 10 heteroatoms. The zero-order valence-electron chi connectivity index (χ0n) is 21.9. The van der Waals surface area contributed by atoms with Crippen LogP contribution < -0.4 is 16.2 Å². The third-order valence-electron chi connectivity index (χ3n) is 6.34. The van der Waals surface area contributed by atoms with E-state index in [0.29, 0.717) is 15.6 Å². The van der Waals surface area contributed by atoms with E-state index in [4.69, 9.17) is 33.1 Å². The van der Waals surface area contributed by atoms with Crippen LogP contribution in [0.2, 0.25) is 10.0 Å². The van der Waals surface area contributed by atoms with Crippen LogP contribution in [-0.2, 0) is 11.2 Å². The second-order valence-corrected chi connectivity index (χ2v) is 10.1. The first-order valence-corrected chi connectivity index (χ1v) is 13.2. The lowest BCUT2D eigenvalue weighted by Crippen LogP contribution is -2.40. The number of benzene rings is 4. The van der Waals surface area contributed by atoms with Crippen LogP contribution in [0, 0.1) is 0 Å². The second kappa shape index (κ2) is 14.2. The monoisotopic (exact) mass is 602 g/mol. The molecular weight excluding hydrogens is 576 g/mol. The minimum atomic E-state index is -5.19. The van der Waals surface area contributed by atoms with Gasteiger partial charge in [-0.2, -0.15) is 13.2 Å². The number of amides is 1. The minimum Gasteiger partial charge on any atom is -0.542 e. The van der Waals surface area contributed by atoms with Crippen LogP contribution in [0.3, 0.4) is 0 Å². The summed E-state index contributed by atoms with van der Waals surface area (Å²) in [5.74, 6) is -3.04. The summed E-state index contributed by atoms with van der Waals surface area (Å²) in [6.45, 7) is 2.04. The van der Waals surface area contributed by atoms with Gasteiger partial charge in [0.1, 0.15) is 11.7 Å². The second-order valence-electron chi connectivity index (χ2n) is 9.27. The molecule has 4 aromatic rings. The van der Waals surface area contributed by atoms with Crippen molar-refractivity contribution in [3.05, 3.63) is 124 Å². The molecule has 4 N–H and O–H groups in total. The number of carboxylic acids is 1. The van der Waals surface area contributed by atoms with Crippen molar-refractivity contribution in [1.29, 1.82) is 0 Å². The number of rotatable bonds is 7. The molecule has 0 unspecified atom stereocenters. The van der Waals surface area contributed by atoms with E-state index in [-0.39, 0.29) is 17.9 Å². The van der Waals surface area contributed by atoms with E-state index in [0.717, 1.165) is 34.4 Å². The number of aliphatic carboxylic acids is 1. The first-order chi connectivity index (χ1) is 19.3. The summed E-state index contributed by atoms with van der Waals surface area (Å²) in [4.78, 5) is 21.9. The minimum absolute atomic E-state index is 0.0692. The molecule has 4 aromatic carbocycles. The third kappa shape index (κ3) is 9.35. The molecule has 0 heterocycles. The van der Waals surface area contributed by atoms with Crippen molar-refractivity contribution in [2.24, 2.45) is 0 Å². The normalized spacial score (nSPS) is 12.5. The number of nitrogens with one attached hydrogen (secondary N) is 1. The van der Waals surface area contributed by atoms with E-state index in [1.807, 2.05) is 104 Å². The summed E-state index contributed by atoms with van der Waals surface area (Å²) in [7, 11) is 0. The standard InChI is InChI=1S/C29H26Cl2N2O.C2HF3O2/c1-19(27(22-12-16-25(31)17-13-22)18-20-6-14-24(30)15-7-20)33-29(34)23-10-8-21(9-11-23)26-4-2-3-5-28(26)32;3-2(4,5)1(6)7/h2-17,19,27H,18,32H2,1H3,(H,33,34);(H,6,7)/t19-,27+;/m1./s1. The molecule has 2 atom stereocenters. The number of halogens is 5. The molecule has 0 aliphatic rings. The molecule has 0 fully saturated rings. The van der Waals surface area contributed by atoms with E-state index in [1.54, 1.807) is 0 Å². The number of quaternary nitrogens is 1. The Morgan fingerprint density at radius 1 is 0.854 bits per heavy atom. The molecule has 0 saturated carbocycles. The van der Waals surface area contributed by atoms with Crippen LogP contribution in [0.1, 0.15) is 34.3 Å². The summed E-state index contributed by atoms with van der Waals surface area (Å²) >= 11 is 12.2. The Morgan fingerprint density at radius 2 is 1.37 bits per heavy atom. The Balaban J connectivity index is 0.000000587. The van der Waals surface area contributed by atoms with E-state index in [9.17, 15) is 18.0 Å². The van der Waals surface area contributed by atoms with Gasteiger partial charge in [-0.15, -0.1) is 0 Å². The van der Waals surface area contributed by atoms with Gasteiger partial charge >= 0.3 is 6.18 Å². The van der Waals surface area contributed by atoms with Gasteiger partial charge in [-0.1, -0.05) is 71.7 Å². The molecule has 41 heavy (non-hydrogen) atoms. The fourth-order valence-electron chi connectivity index (χ4n) is 4.16. The van der Waals surface area contributed by atoms with Gasteiger partial charge in [0.2, 0.25) is 0 Å². The Hall–Kier alpha value is -3.85. The first kappa shape index (κ1) is 31.7. The Kier molecular flexibility index (Phi) is 10.9. The van der Waals surface area contributed by atoms with Gasteiger partial charge in [0.15, 0.2) is 0 Å². The molecule has 0 saturated heterocycles.